The Kier molecular flexibility index (Phi) is 5.23. The molecule has 0 aliphatic rings. The first-order valence-corrected chi connectivity index (χ1v) is 8.73. The van der Waals surface area contributed by atoms with Gasteiger partial charge in [-0.15, -0.1) is 5.10 Å². The fourth-order valence-corrected chi connectivity index (χ4v) is 3.47. The van der Waals surface area contributed by atoms with E-state index in [0.717, 1.165) is 16.0 Å². The summed E-state index contributed by atoms with van der Waals surface area (Å²) in [5, 5.41) is 18.8. The molecule has 0 radical (unpaired) electrons. The molecule has 0 fully saturated rings. The second-order valence-electron chi connectivity index (χ2n) is 4.99. The minimum Gasteiger partial charge on any atom is -0.476 e. The number of nitrogens with zero attached hydrogens (tertiary/aromatic N) is 2. The number of benzene rings is 2. The SMILES string of the molecule is O=C(O)c1nn[nH]c1Sc1ccc(-c2ccc(SC(F)(F)F)cc2)cc1. The lowest BCUT2D eigenvalue weighted by Crippen LogP contribution is -1.98. The standard InChI is InChI=1S/C16H10F3N3O2S2/c17-16(18,19)26-12-7-3-10(4-8-12)9-1-5-11(6-2-9)25-14-13(15(23)24)20-22-21-14/h1-8H,(H,23,24)(H,20,21,22). The van der Waals surface area contributed by atoms with Crippen molar-refractivity contribution in [2.24, 2.45) is 0 Å². The third-order valence-electron chi connectivity index (χ3n) is 3.21. The average molecular weight is 397 g/mol. The van der Waals surface area contributed by atoms with Gasteiger partial charge in [-0.2, -0.15) is 13.2 Å². The van der Waals surface area contributed by atoms with Gasteiger partial charge in [0.15, 0.2) is 0 Å². The number of carboxylic acid groups (broad SMARTS) is 1. The van der Waals surface area contributed by atoms with Gasteiger partial charge >= 0.3 is 11.5 Å². The molecular formula is C16H10F3N3O2S2. The summed E-state index contributed by atoms with van der Waals surface area (Å²) in [7, 11) is 0. The highest BCUT2D eigenvalue weighted by atomic mass is 32.2. The Morgan fingerprint density at radius 2 is 1.50 bits per heavy atom. The number of H-pyrrole nitrogens is 1. The van der Waals surface area contributed by atoms with E-state index in [9.17, 15) is 18.0 Å². The van der Waals surface area contributed by atoms with Crippen molar-refractivity contribution >= 4 is 29.5 Å². The first-order chi connectivity index (χ1) is 12.3. The number of aromatic carboxylic acids is 1. The fraction of sp³-hybridized carbons (Fsp3) is 0.0625. The van der Waals surface area contributed by atoms with Crippen molar-refractivity contribution in [3.63, 3.8) is 0 Å². The Morgan fingerprint density at radius 3 is 2.00 bits per heavy atom. The molecule has 134 valence electrons. The van der Waals surface area contributed by atoms with Gasteiger partial charge in [-0.25, -0.2) is 4.79 Å². The lowest BCUT2D eigenvalue weighted by atomic mass is 10.1. The lowest BCUT2D eigenvalue weighted by Gasteiger charge is -2.07. The quantitative estimate of drug-likeness (QED) is 0.594. The maximum atomic E-state index is 12.4. The van der Waals surface area contributed by atoms with E-state index in [1.807, 2.05) is 0 Å². The van der Waals surface area contributed by atoms with E-state index in [4.69, 9.17) is 5.11 Å². The second-order valence-corrected chi connectivity index (χ2v) is 7.22. The Balaban J connectivity index is 1.73. The third kappa shape index (κ3) is 4.58. The smallest absolute Gasteiger partial charge is 0.446 e. The predicted molar refractivity (Wildman–Crippen MR) is 91.3 cm³/mol. The summed E-state index contributed by atoms with van der Waals surface area (Å²) < 4.78 is 37.1. The van der Waals surface area contributed by atoms with E-state index in [-0.39, 0.29) is 22.4 Å². The number of carbonyl (C=O) groups is 1. The monoisotopic (exact) mass is 397 g/mol. The van der Waals surface area contributed by atoms with Crippen LogP contribution in [0.5, 0.6) is 0 Å². The number of carboxylic acids is 1. The fourth-order valence-electron chi connectivity index (χ4n) is 2.11. The van der Waals surface area contributed by atoms with Gasteiger partial charge in [-0.1, -0.05) is 41.2 Å². The summed E-state index contributed by atoms with van der Waals surface area (Å²) in [6.45, 7) is 0. The van der Waals surface area contributed by atoms with Crippen LogP contribution >= 0.6 is 23.5 Å². The lowest BCUT2D eigenvalue weighted by molar-refractivity contribution is -0.0328. The molecule has 0 amide bonds. The second kappa shape index (κ2) is 7.42. The van der Waals surface area contributed by atoms with Crippen molar-refractivity contribution in [1.29, 1.82) is 0 Å². The zero-order valence-electron chi connectivity index (χ0n) is 12.8. The number of hydrogen-bond acceptors (Lipinski definition) is 5. The van der Waals surface area contributed by atoms with E-state index < -0.39 is 11.5 Å². The number of aromatic amines is 1. The van der Waals surface area contributed by atoms with Crippen LogP contribution in [-0.2, 0) is 0 Å². The zero-order valence-corrected chi connectivity index (χ0v) is 14.5. The largest absolute Gasteiger partial charge is 0.476 e. The predicted octanol–water partition coefficient (Wildman–Crippen LogP) is 4.93. The molecule has 2 N–H and O–H groups in total. The molecule has 3 rings (SSSR count). The van der Waals surface area contributed by atoms with Crippen LogP contribution in [0.1, 0.15) is 10.5 Å². The first kappa shape index (κ1) is 18.3. The van der Waals surface area contributed by atoms with Gasteiger partial charge in [-0.3, -0.25) is 5.10 Å². The summed E-state index contributed by atoms with van der Waals surface area (Å²) in [5.41, 5.74) is -2.85. The zero-order chi connectivity index (χ0) is 18.7. The summed E-state index contributed by atoms with van der Waals surface area (Å²) in [5.74, 6) is -1.17. The van der Waals surface area contributed by atoms with Crippen molar-refractivity contribution in [2.75, 3.05) is 0 Å². The van der Waals surface area contributed by atoms with Gasteiger partial charge in [0, 0.05) is 9.79 Å². The number of aromatic nitrogens is 3. The van der Waals surface area contributed by atoms with Crippen LogP contribution < -0.4 is 0 Å². The van der Waals surface area contributed by atoms with Gasteiger partial charge in [0.1, 0.15) is 5.03 Å². The maximum Gasteiger partial charge on any atom is 0.446 e. The molecule has 26 heavy (non-hydrogen) atoms. The van der Waals surface area contributed by atoms with Crippen molar-refractivity contribution in [2.45, 2.75) is 20.3 Å². The van der Waals surface area contributed by atoms with Crippen LogP contribution in [0, 0.1) is 0 Å². The molecular weight excluding hydrogens is 387 g/mol. The highest BCUT2D eigenvalue weighted by Crippen LogP contribution is 2.37. The molecule has 0 spiro atoms. The van der Waals surface area contributed by atoms with Crippen LogP contribution in [0.2, 0.25) is 0 Å². The Labute approximate surface area is 154 Å². The molecule has 1 aromatic heterocycles. The Hall–Kier alpha value is -2.46. The van der Waals surface area contributed by atoms with E-state index in [1.165, 1.54) is 23.9 Å². The van der Waals surface area contributed by atoms with E-state index >= 15 is 0 Å². The number of thioether (sulfide) groups is 1. The molecule has 3 aromatic rings. The number of hydrogen-bond donors (Lipinski definition) is 2. The third-order valence-corrected chi connectivity index (χ3v) is 4.95. The van der Waals surface area contributed by atoms with E-state index in [2.05, 4.69) is 15.4 Å². The minimum absolute atomic E-state index is 0.126. The van der Waals surface area contributed by atoms with E-state index in [0.29, 0.717) is 5.03 Å². The summed E-state index contributed by atoms with van der Waals surface area (Å²) in [6, 6.07) is 13.3. The van der Waals surface area contributed by atoms with Gasteiger partial charge < -0.3 is 5.11 Å². The van der Waals surface area contributed by atoms with Crippen LogP contribution in [-0.4, -0.2) is 32.0 Å². The Bertz CT molecular complexity index is 910. The Morgan fingerprint density at radius 1 is 0.962 bits per heavy atom. The van der Waals surface area contributed by atoms with Crippen LogP contribution in [0.15, 0.2) is 63.3 Å². The molecule has 0 atom stereocenters. The van der Waals surface area contributed by atoms with Crippen LogP contribution in [0.25, 0.3) is 11.1 Å². The highest BCUT2D eigenvalue weighted by Gasteiger charge is 2.29. The van der Waals surface area contributed by atoms with Crippen molar-refractivity contribution in [3.8, 4) is 11.1 Å². The first-order valence-electron chi connectivity index (χ1n) is 7.10. The molecule has 0 saturated carbocycles. The summed E-state index contributed by atoms with van der Waals surface area (Å²) in [6.07, 6.45) is 0. The normalized spacial score (nSPS) is 11.5. The molecule has 1 heterocycles. The molecule has 0 unspecified atom stereocenters. The topological polar surface area (TPSA) is 78.9 Å². The number of rotatable bonds is 5. The summed E-state index contributed by atoms with van der Waals surface area (Å²) in [4.78, 5) is 11.9. The molecule has 5 nitrogen and oxygen atoms in total. The molecule has 2 aromatic carbocycles. The van der Waals surface area contributed by atoms with Crippen molar-refractivity contribution in [1.82, 2.24) is 15.4 Å². The maximum absolute atomic E-state index is 12.4. The van der Waals surface area contributed by atoms with Gasteiger partial charge in [0.2, 0.25) is 5.69 Å². The molecule has 0 aliphatic heterocycles. The molecule has 10 heteroatoms. The van der Waals surface area contributed by atoms with Gasteiger partial charge in [0.05, 0.1) is 0 Å². The highest BCUT2D eigenvalue weighted by molar-refractivity contribution is 8.00. The number of alkyl halides is 3. The summed E-state index contributed by atoms with van der Waals surface area (Å²) >= 11 is 1.02. The minimum atomic E-state index is -4.31. The molecule has 0 bridgehead atoms. The molecule has 0 saturated heterocycles. The van der Waals surface area contributed by atoms with Crippen LogP contribution in [0.3, 0.4) is 0 Å². The van der Waals surface area contributed by atoms with Gasteiger partial charge in [-0.05, 0) is 47.2 Å². The van der Waals surface area contributed by atoms with E-state index in [1.54, 1.807) is 36.4 Å². The number of halogens is 3. The average Bonchev–Trinajstić information content (AvgIpc) is 3.03. The van der Waals surface area contributed by atoms with Gasteiger partial charge in [0.25, 0.3) is 0 Å². The number of nitrogens with one attached hydrogen (secondary N) is 1. The van der Waals surface area contributed by atoms with Crippen LogP contribution in [0.4, 0.5) is 13.2 Å². The van der Waals surface area contributed by atoms with Crippen molar-refractivity contribution in [3.05, 3.63) is 54.2 Å². The molecule has 0 aliphatic carbocycles. The van der Waals surface area contributed by atoms with Crippen molar-refractivity contribution < 1.29 is 23.1 Å².